The van der Waals surface area contributed by atoms with Crippen molar-refractivity contribution < 1.29 is 30.7 Å². The molecule has 2 aromatic carbocycles. The zero-order valence-corrected chi connectivity index (χ0v) is 12.9. The Labute approximate surface area is 127 Å². The van der Waals surface area contributed by atoms with Crippen molar-refractivity contribution in [3.8, 4) is 11.5 Å². The van der Waals surface area contributed by atoms with Crippen molar-refractivity contribution in [2.45, 2.75) is 16.7 Å². The molecule has 0 aromatic heterocycles. The minimum absolute atomic E-state index is 0.156. The molecular weight excluding hydrogens is 332 g/mol. The molecule has 0 atom stereocenters. The summed E-state index contributed by atoms with van der Waals surface area (Å²) >= 11 is 0. The van der Waals surface area contributed by atoms with E-state index in [-0.39, 0.29) is 5.75 Å². The molecule has 7 nitrogen and oxygen atoms in total. The highest BCUT2D eigenvalue weighted by atomic mass is 32.2. The zero-order chi connectivity index (χ0) is 16.5. The van der Waals surface area contributed by atoms with Crippen LogP contribution in [0.2, 0.25) is 0 Å². The molecule has 0 heterocycles. The van der Waals surface area contributed by atoms with Gasteiger partial charge in [-0.2, -0.15) is 16.8 Å². The highest BCUT2D eigenvalue weighted by Gasteiger charge is 2.19. The molecule has 0 aliphatic carbocycles. The van der Waals surface area contributed by atoms with Crippen LogP contribution in [0.5, 0.6) is 11.5 Å². The van der Waals surface area contributed by atoms with Crippen LogP contribution in [0.4, 0.5) is 0 Å². The van der Waals surface area contributed by atoms with E-state index in [1.54, 1.807) is 31.2 Å². The molecule has 118 valence electrons. The molecule has 9 heteroatoms. The summed E-state index contributed by atoms with van der Waals surface area (Å²) in [5.41, 5.74) is 0.730. The first-order valence-electron chi connectivity index (χ1n) is 5.91. The fourth-order valence-electron chi connectivity index (χ4n) is 1.70. The van der Waals surface area contributed by atoms with E-state index in [9.17, 15) is 16.8 Å². The molecule has 0 aliphatic heterocycles. The van der Waals surface area contributed by atoms with E-state index in [1.165, 1.54) is 0 Å². The van der Waals surface area contributed by atoms with Crippen LogP contribution in [0.1, 0.15) is 5.56 Å². The van der Waals surface area contributed by atoms with Gasteiger partial charge in [0.1, 0.15) is 11.5 Å². The lowest BCUT2D eigenvalue weighted by atomic mass is 10.2. The number of hydrogen-bond donors (Lipinski definition) is 2. The average molecular weight is 344 g/mol. The van der Waals surface area contributed by atoms with E-state index in [2.05, 4.69) is 0 Å². The maximum atomic E-state index is 11.2. The Balaban J connectivity index is 2.59. The zero-order valence-electron chi connectivity index (χ0n) is 11.3. The summed E-state index contributed by atoms with van der Waals surface area (Å²) in [6.45, 7) is 1.74. The predicted octanol–water partition coefficient (Wildman–Crippen LogP) is 2.28. The first kappa shape index (κ1) is 16.4. The fraction of sp³-hybridized carbons (Fsp3) is 0.0769. The predicted molar refractivity (Wildman–Crippen MR) is 77.3 cm³/mol. The second kappa shape index (κ2) is 5.69. The molecule has 2 aromatic rings. The Bertz CT molecular complexity index is 865. The van der Waals surface area contributed by atoms with Crippen LogP contribution >= 0.6 is 0 Å². The number of hydrogen-bond acceptors (Lipinski definition) is 5. The number of para-hydroxylation sites is 1. The summed E-state index contributed by atoms with van der Waals surface area (Å²) in [6, 6.07) is 9.33. The van der Waals surface area contributed by atoms with Gasteiger partial charge in [-0.25, -0.2) is 0 Å². The summed E-state index contributed by atoms with van der Waals surface area (Å²) < 4.78 is 68.4. The highest BCUT2D eigenvalue weighted by molar-refractivity contribution is 7.86. The highest BCUT2D eigenvalue weighted by Crippen LogP contribution is 2.29. The van der Waals surface area contributed by atoms with Gasteiger partial charge in [-0.05, 0) is 24.6 Å². The van der Waals surface area contributed by atoms with Crippen LogP contribution in [0.15, 0.2) is 52.3 Å². The van der Waals surface area contributed by atoms with Crippen molar-refractivity contribution in [3.05, 3.63) is 48.0 Å². The minimum atomic E-state index is -4.67. The Morgan fingerprint density at radius 1 is 0.864 bits per heavy atom. The summed E-state index contributed by atoms with van der Waals surface area (Å²) in [6.07, 6.45) is 0. The van der Waals surface area contributed by atoms with Crippen molar-refractivity contribution in [3.63, 3.8) is 0 Å². The molecule has 0 saturated heterocycles. The van der Waals surface area contributed by atoms with Gasteiger partial charge in [0.2, 0.25) is 0 Å². The van der Waals surface area contributed by atoms with Crippen LogP contribution in [0, 0.1) is 6.92 Å². The van der Waals surface area contributed by atoms with Gasteiger partial charge in [-0.15, -0.1) is 0 Å². The monoisotopic (exact) mass is 344 g/mol. The van der Waals surface area contributed by atoms with Gasteiger partial charge in [0.15, 0.2) is 0 Å². The standard InChI is InChI=1S/C13H12O7S2/c1-9-4-2-3-5-13(9)20-10-6-11(21(14,15)16)8-12(7-10)22(17,18)19/h2-8H,1H3,(H,14,15,16)(H,17,18,19). The molecule has 0 spiro atoms. The van der Waals surface area contributed by atoms with E-state index in [4.69, 9.17) is 13.8 Å². The van der Waals surface area contributed by atoms with Crippen molar-refractivity contribution in [2.75, 3.05) is 0 Å². The maximum absolute atomic E-state index is 11.2. The third kappa shape index (κ3) is 3.83. The molecule has 22 heavy (non-hydrogen) atoms. The van der Waals surface area contributed by atoms with Crippen LogP contribution < -0.4 is 4.74 Å². The van der Waals surface area contributed by atoms with Gasteiger partial charge in [-0.1, -0.05) is 18.2 Å². The smallest absolute Gasteiger partial charge is 0.294 e. The second-order valence-electron chi connectivity index (χ2n) is 4.46. The maximum Gasteiger partial charge on any atom is 0.294 e. The summed E-state index contributed by atoms with van der Waals surface area (Å²) in [7, 11) is -9.33. The minimum Gasteiger partial charge on any atom is -0.457 e. The molecule has 0 amide bonds. The lowest BCUT2D eigenvalue weighted by Crippen LogP contribution is -2.04. The van der Waals surface area contributed by atoms with Gasteiger partial charge in [0.05, 0.1) is 9.79 Å². The molecule has 2 N–H and O–H groups in total. The summed E-state index contributed by atoms with van der Waals surface area (Å²) in [5.74, 6) is 0.216. The first-order chi connectivity index (χ1) is 10.1. The molecule has 2 rings (SSSR count). The van der Waals surface area contributed by atoms with Crippen molar-refractivity contribution in [2.24, 2.45) is 0 Å². The van der Waals surface area contributed by atoms with Gasteiger partial charge < -0.3 is 4.74 Å². The number of benzene rings is 2. The van der Waals surface area contributed by atoms with Gasteiger partial charge in [-0.3, -0.25) is 9.11 Å². The van der Waals surface area contributed by atoms with Gasteiger partial charge in [0, 0.05) is 12.1 Å². The topological polar surface area (TPSA) is 118 Å². The van der Waals surface area contributed by atoms with Crippen molar-refractivity contribution in [1.29, 1.82) is 0 Å². The summed E-state index contributed by atoms with van der Waals surface area (Å²) in [4.78, 5) is -1.41. The van der Waals surface area contributed by atoms with Crippen LogP contribution in [-0.4, -0.2) is 25.9 Å². The number of ether oxygens (including phenoxy) is 1. The van der Waals surface area contributed by atoms with E-state index in [1.807, 2.05) is 0 Å². The molecular formula is C13H12O7S2. The Kier molecular flexibility index (Phi) is 4.25. The largest absolute Gasteiger partial charge is 0.457 e. The Hall–Kier alpha value is -1.94. The molecule has 0 radical (unpaired) electrons. The van der Waals surface area contributed by atoms with Crippen LogP contribution in [0.25, 0.3) is 0 Å². The average Bonchev–Trinajstić information content (AvgIpc) is 2.39. The van der Waals surface area contributed by atoms with Crippen molar-refractivity contribution in [1.82, 2.24) is 0 Å². The van der Waals surface area contributed by atoms with E-state index in [0.717, 1.165) is 17.7 Å². The van der Waals surface area contributed by atoms with Crippen molar-refractivity contribution >= 4 is 20.2 Å². The van der Waals surface area contributed by atoms with Crippen LogP contribution in [0.3, 0.4) is 0 Å². The normalized spacial score (nSPS) is 12.1. The number of rotatable bonds is 4. The first-order valence-corrected chi connectivity index (χ1v) is 8.79. The van der Waals surface area contributed by atoms with Crippen LogP contribution in [-0.2, 0) is 20.2 Å². The lowest BCUT2D eigenvalue weighted by molar-refractivity contribution is 0.463. The SMILES string of the molecule is Cc1ccccc1Oc1cc(S(=O)(=O)O)cc(S(=O)(=O)O)c1. The molecule has 0 bridgehead atoms. The third-order valence-electron chi connectivity index (χ3n) is 2.77. The Morgan fingerprint density at radius 3 is 1.82 bits per heavy atom. The lowest BCUT2D eigenvalue weighted by Gasteiger charge is -2.10. The fourth-order valence-corrected chi connectivity index (χ4v) is 2.86. The van der Waals surface area contributed by atoms with Gasteiger partial charge in [0.25, 0.3) is 20.2 Å². The quantitative estimate of drug-likeness (QED) is 0.817. The third-order valence-corrected chi connectivity index (χ3v) is 4.43. The van der Waals surface area contributed by atoms with E-state index in [0.29, 0.717) is 11.8 Å². The van der Waals surface area contributed by atoms with Gasteiger partial charge >= 0.3 is 0 Å². The molecule has 0 fully saturated rings. The Morgan fingerprint density at radius 2 is 1.36 bits per heavy atom. The van der Waals surface area contributed by atoms with E-state index < -0.39 is 30.0 Å². The molecule has 0 aliphatic rings. The molecule has 0 saturated carbocycles. The molecule has 0 unspecified atom stereocenters. The number of aryl methyl sites for hydroxylation is 1. The summed E-state index contributed by atoms with van der Waals surface area (Å²) in [5, 5.41) is 0. The van der Waals surface area contributed by atoms with E-state index >= 15 is 0 Å². The second-order valence-corrected chi connectivity index (χ2v) is 7.30.